The van der Waals surface area contributed by atoms with E-state index in [0.29, 0.717) is 6.42 Å². The number of phenols is 1. The predicted molar refractivity (Wildman–Crippen MR) is 103 cm³/mol. The molecule has 2 N–H and O–H groups in total. The van der Waals surface area contributed by atoms with Crippen molar-refractivity contribution in [2.24, 2.45) is 0 Å². The Balaban J connectivity index is 1.81. The molecule has 4 nitrogen and oxygen atoms in total. The molecule has 3 aromatic rings. The van der Waals surface area contributed by atoms with Gasteiger partial charge in [0.05, 0.1) is 7.11 Å². The van der Waals surface area contributed by atoms with Gasteiger partial charge >= 0.3 is 5.97 Å². The van der Waals surface area contributed by atoms with Gasteiger partial charge in [0.2, 0.25) is 0 Å². The Morgan fingerprint density at radius 2 is 1.69 bits per heavy atom. The molecular weight excluding hydrogens is 326 g/mol. The second kappa shape index (κ2) is 8.21. The molecule has 1 unspecified atom stereocenters. The second-order valence-electron chi connectivity index (χ2n) is 6.04. The zero-order chi connectivity index (χ0) is 18.4. The van der Waals surface area contributed by atoms with E-state index in [1.807, 2.05) is 66.7 Å². The Morgan fingerprint density at radius 1 is 0.962 bits per heavy atom. The van der Waals surface area contributed by atoms with Crippen molar-refractivity contribution in [3.63, 3.8) is 0 Å². The fourth-order valence-corrected chi connectivity index (χ4v) is 2.83. The fraction of sp³-hybridized carbons (Fsp3) is 0.136. The van der Waals surface area contributed by atoms with E-state index in [1.54, 1.807) is 12.1 Å². The third-order valence-electron chi connectivity index (χ3n) is 4.17. The van der Waals surface area contributed by atoms with Gasteiger partial charge in [-0.25, -0.2) is 4.79 Å². The molecule has 0 saturated carbocycles. The number of carbonyl (C=O) groups excluding carboxylic acids is 1. The van der Waals surface area contributed by atoms with Crippen molar-refractivity contribution < 1.29 is 14.6 Å². The molecule has 132 valence electrons. The number of anilines is 1. The van der Waals surface area contributed by atoms with Crippen LogP contribution < -0.4 is 5.32 Å². The molecule has 0 saturated heterocycles. The van der Waals surface area contributed by atoms with Crippen LogP contribution >= 0.6 is 0 Å². The Hall–Kier alpha value is -3.27. The molecule has 3 aromatic carbocycles. The van der Waals surface area contributed by atoms with E-state index < -0.39 is 6.04 Å². The maximum Gasteiger partial charge on any atom is 0.328 e. The van der Waals surface area contributed by atoms with Crippen molar-refractivity contribution in [1.29, 1.82) is 0 Å². The number of esters is 1. The van der Waals surface area contributed by atoms with Crippen LogP contribution in [0.3, 0.4) is 0 Å². The molecule has 0 aromatic heterocycles. The van der Waals surface area contributed by atoms with Gasteiger partial charge in [-0.1, -0.05) is 54.6 Å². The first kappa shape index (κ1) is 17.5. The van der Waals surface area contributed by atoms with E-state index in [2.05, 4.69) is 5.32 Å². The third-order valence-corrected chi connectivity index (χ3v) is 4.17. The van der Waals surface area contributed by atoms with E-state index in [0.717, 1.165) is 22.4 Å². The van der Waals surface area contributed by atoms with Crippen molar-refractivity contribution in [3.8, 4) is 16.9 Å². The van der Waals surface area contributed by atoms with Crippen LogP contribution in [0.15, 0.2) is 78.9 Å². The minimum absolute atomic E-state index is 0.233. The summed E-state index contributed by atoms with van der Waals surface area (Å²) >= 11 is 0. The maximum absolute atomic E-state index is 12.2. The Morgan fingerprint density at radius 3 is 2.38 bits per heavy atom. The highest BCUT2D eigenvalue weighted by atomic mass is 16.5. The summed E-state index contributed by atoms with van der Waals surface area (Å²) in [7, 11) is 1.40. The lowest BCUT2D eigenvalue weighted by molar-refractivity contribution is -0.141. The largest absolute Gasteiger partial charge is 0.508 e. The average Bonchev–Trinajstić information content (AvgIpc) is 2.68. The highest BCUT2D eigenvalue weighted by molar-refractivity contribution is 5.80. The molecule has 0 heterocycles. The van der Waals surface area contributed by atoms with Gasteiger partial charge in [-0.05, 0) is 41.0 Å². The molecule has 3 rings (SSSR count). The first-order valence-electron chi connectivity index (χ1n) is 8.43. The van der Waals surface area contributed by atoms with Crippen LogP contribution in [-0.2, 0) is 16.0 Å². The summed E-state index contributed by atoms with van der Waals surface area (Å²) in [5.41, 5.74) is 3.88. The zero-order valence-electron chi connectivity index (χ0n) is 14.6. The van der Waals surface area contributed by atoms with E-state index >= 15 is 0 Å². The maximum atomic E-state index is 12.2. The van der Waals surface area contributed by atoms with E-state index in [4.69, 9.17) is 4.74 Å². The van der Waals surface area contributed by atoms with Crippen molar-refractivity contribution in [3.05, 3.63) is 84.4 Å². The molecule has 0 aliphatic carbocycles. The van der Waals surface area contributed by atoms with Crippen molar-refractivity contribution in [1.82, 2.24) is 0 Å². The fourth-order valence-electron chi connectivity index (χ4n) is 2.83. The lowest BCUT2D eigenvalue weighted by Gasteiger charge is -2.18. The summed E-state index contributed by atoms with van der Waals surface area (Å²) in [6, 6.07) is 24.2. The Labute approximate surface area is 153 Å². The van der Waals surface area contributed by atoms with Gasteiger partial charge in [-0.15, -0.1) is 0 Å². The van der Waals surface area contributed by atoms with Crippen LogP contribution in [0, 0.1) is 0 Å². The molecule has 0 bridgehead atoms. The monoisotopic (exact) mass is 347 g/mol. The summed E-state index contributed by atoms with van der Waals surface area (Å²) in [5.74, 6) is -0.0689. The van der Waals surface area contributed by atoms with Crippen LogP contribution in [0.2, 0.25) is 0 Å². The number of phenolic OH excluding ortho intramolecular Hbond substituents is 1. The molecular formula is C22H21NO3. The molecule has 26 heavy (non-hydrogen) atoms. The first-order chi connectivity index (χ1) is 12.7. The van der Waals surface area contributed by atoms with Crippen molar-refractivity contribution in [2.45, 2.75) is 12.5 Å². The smallest absolute Gasteiger partial charge is 0.328 e. The minimum atomic E-state index is -0.475. The molecule has 1 atom stereocenters. The van der Waals surface area contributed by atoms with Crippen molar-refractivity contribution >= 4 is 11.7 Å². The normalized spacial score (nSPS) is 11.6. The number of benzene rings is 3. The molecule has 0 spiro atoms. The molecule has 0 fully saturated rings. The third kappa shape index (κ3) is 4.42. The standard InChI is InChI=1S/C22H21NO3/c1-26-22(25)21(14-16-6-3-2-4-7-16)23-19-9-5-8-18(15-19)17-10-12-20(24)13-11-17/h2-13,15,21,23-24H,14H2,1H3. The molecule has 0 radical (unpaired) electrons. The Bertz CT molecular complexity index is 860. The van der Waals surface area contributed by atoms with Crippen LogP contribution in [0.5, 0.6) is 5.75 Å². The summed E-state index contributed by atoms with van der Waals surface area (Å²) < 4.78 is 4.96. The summed E-state index contributed by atoms with van der Waals surface area (Å²) in [6.45, 7) is 0. The van der Waals surface area contributed by atoms with Crippen LogP contribution in [-0.4, -0.2) is 24.2 Å². The van der Waals surface area contributed by atoms with Gasteiger partial charge in [0.1, 0.15) is 11.8 Å². The highest BCUT2D eigenvalue weighted by Crippen LogP contribution is 2.25. The topological polar surface area (TPSA) is 58.6 Å². The quantitative estimate of drug-likeness (QED) is 0.654. The van der Waals surface area contributed by atoms with Gasteiger partial charge in [0.15, 0.2) is 0 Å². The minimum Gasteiger partial charge on any atom is -0.508 e. The summed E-state index contributed by atoms with van der Waals surface area (Å²) in [4.78, 5) is 12.2. The zero-order valence-corrected chi connectivity index (χ0v) is 14.6. The number of methoxy groups -OCH3 is 1. The average molecular weight is 347 g/mol. The van der Waals surface area contributed by atoms with Gasteiger partial charge in [0.25, 0.3) is 0 Å². The molecule has 4 heteroatoms. The number of carbonyl (C=O) groups is 1. The van der Waals surface area contributed by atoms with Crippen LogP contribution in [0.25, 0.3) is 11.1 Å². The number of rotatable bonds is 6. The van der Waals surface area contributed by atoms with E-state index in [1.165, 1.54) is 7.11 Å². The number of hydrogen-bond donors (Lipinski definition) is 2. The summed E-state index contributed by atoms with van der Waals surface area (Å²) in [6.07, 6.45) is 0.539. The van der Waals surface area contributed by atoms with E-state index in [9.17, 15) is 9.90 Å². The molecule has 0 aliphatic rings. The number of hydrogen-bond acceptors (Lipinski definition) is 4. The lowest BCUT2D eigenvalue weighted by Crippen LogP contribution is -2.32. The van der Waals surface area contributed by atoms with Gasteiger partial charge in [-0.2, -0.15) is 0 Å². The molecule has 0 aliphatic heterocycles. The van der Waals surface area contributed by atoms with Crippen LogP contribution in [0.1, 0.15) is 5.56 Å². The SMILES string of the molecule is COC(=O)C(Cc1ccccc1)Nc1cccc(-c2ccc(O)cc2)c1. The van der Waals surface area contributed by atoms with E-state index in [-0.39, 0.29) is 11.7 Å². The summed E-state index contributed by atoms with van der Waals surface area (Å²) in [5, 5.41) is 12.7. The van der Waals surface area contributed by atoms with Gasteiger partial charge in [0, 0.05) is 12.1 Å². The lowest BCUT2D eigenvalue weighted by atomic mass is 10.0. The Kier molecular flexibility index (Phi) is 5.54. The van der Waals surface area contributed by atoms with Gasteiger partial charge < -0.3 is 15.2 Å². The predicted octanol–water partition coefficient (Wildman–Crippen LogP) is 4.26. The first-order valence-corrected chi connectivity index (χ1v) is 8.43. The number of ether oxygens (including phenoxy) is 1. The number of nitrogens with one attached hydrogen (secondary N) is 1. The van der Waals surface area contributed by atoms with Gasteiger partial charge in [-0.3, -0.25) is 0 Å². The molecule has 0 amide bonds. The van der Waals surface area contributed by atoms with Crippen LogP contribution in [0.4, 0.5) is 5.69 Å². The number of aromatic hydroxyl groups is 1. The highest BCUT2D eigenvalue weighted by Gasteiger charge is 2.19. The van der Waals surface area contributed by atoms with Crippen molar-refractivity contribution in [2.75, 3.05) is 12.4 Å². The second-order valence-corrected chi connectivity index (χ2v) is 6.04.